The minimum Gasteiger partial charge on any atom is -0.388 e. The third-order valence-corrected chi connectivity index (χ3v) is 4.15. The quantitative estimate of drug-likeness (QED) is 0.651. The van der Waals surface area contributed by atoms with Crippen molar-refractivity contribution in [1.82, 2.24) is 0 Å². The van der Waals surface area contributed by atoms with Crippen LogP contribution in [0.1, 0.15) is 52.4 Å². The van der Waals surface area contributed by atoms with Crippen LogP contribution in [-0.4, -0.2) is 16.2 Å². The first-order chi connectivity index (χ1) is 5.87. The van der Waals surface area contributed by atoms with Gasteiger partial charge in [0.1, 0.15) is 0 Å². The van der Waals surface area contributed by atoms with Crippen molar-refractivity contribution in [1.29, 1.82) is 0 Å². The van der Waals surface area contributed by atoms with E-state index in [1.807, 2.05) is 0 Å². The predicted octanol–water partition coefficient (Wildman–Crippen LogP) is 1.81. The summed E-state index contributed by atoms with van der Waals surface area (Å²) in [5.41, 5.74) is 5.75. The average Bonchev–Trinajstić information content (AvgIpc) is 2.77. The van der Waals surface area contributed by atoms with E-state index < -0.39 is 5.60 Å². The Morgan fingerprint density at radius 2 is 1.38 bits per heavy atom. The molecule has 0 radical (unpaired) electrons. The number of hydrogen-bond donors (Lipinski definition) is 2. The maximum absolute atomic E-state index is 10.4. The summed E-state index contributed by atoms with van der Waals surface area (Å²) in [5, 5.41) is 10.4. The van der Waals surface area contributed by atoms with Gasteiger partial charge in [-0.1, -0.05) is 13.8 Å². The van der Waals surface area contributed by atoms with Gasteiger partial charge in [0.25, 0.3) is 0 Å². The molecule has 3 N–H and O–H groups in total. The molecule has 13 heavy (non-hydrogen) atoms. The molecule has 0 aliphatic heterocycles. The molecule has 0 aromatic rings. The van der Waals surface area contributed by atoms with Crippen LogP contribution in [0.3, 0.4) is 0 Å². The fraction of sp³-hybridized carbons (Fsp3) is 1.00. The molecule has 2 heteroatoms. The van der Waals surface area contributed by atoms with Crippen molar-refractivity contribution in [3.63, 3.8) is 0 Å². The molecule has 0 atom stereocenters. The van der Waals surface area contributed by atoms with Gasteiger partial charge in [-0.25, -0.2) is 0 Å². The lowest BCUT2D eigenvalue weighted by molar-refractivity contribution is -0.0536. The van der Waals surface area contributed by atoms with Gasteiger partial charge in [0.15, 0.2) is 0 Å². The molecule has 0 spiro atoms. The molecule has 0 heterocycles. The molecule has 0 bridgehead atoms. The standard InChI is InChI=1S/C11H21NO/c1-9(2)3-7-11(13,8-4-9)10(12)5-6-10/h13H,3-8,12H2,1-2H3. The van der Waals surface area contributed by atoms with Crippen LogP contribution in [0.4, 0.5) is 0 Å². The van der Waals surface area contributed by atoms with Crippen LogP contribution < -0.4 is 5.73 Å². The fourth-order valence-electron chi connectivity index (χ4n) is 2.44. The Labute approximate surface area is 80.5 Å². The van der Waals surface area contributed by atoms with E-state index in [4.69, 9.17) is 5.73 Å². The van der Waals surface area contributed by atoms with Crippen molar-refractivity contribution in [2.45, 2.75) is 63.5 Å². The Hall–Kier alpha value is -0.0800. The second-order valence-corrected chi connectivity index (χ2v) is 5.85. The minimum atomic E-state index is -0.539. The summed E-state index contributed by atoms with van der Waals surface area (Å²) in [6.45, 7) is 4.56. The van der Waals surface area contributed by atoms with Gasteiger partial charge < -0.3 is 10.8 Å². The minimum absolute atomic E-state index is 0.219. The van der Waals surface area contributed by atoms with E-state index in [9.17, 15) is 5.11 Å². The maximum atomic E-state index is 10.4. The van der Waals surface area contributed by atoms with Gasteiger partial charge in [-0.2, -0.15) is 0 Å². The fourth-order valence-corrected chi connectivity index (χ4v) is 2.44. The summed E-state index contributed by atoms with van der Waals surface area (Å²) in [4.78, 5) is 0. The van der Waals surface area contributed by atoms with E-state index >= 15 is 0 Å². The summed E-state index contributed by atoms with van der Waals surface area (Å²) in [5.74, 6) is 0. The lowest BCUT2D eigenvalue weighted by Gasteiger charge is -2.43. The summed E-state index contributed by atoms with van der Waals surface area (Å²) >= 11 is 0. The molecule has 0 unspecified atom stereocenters. The molecule has 0 aromatic heterocycles. The molecule has 2 fully saturated rings. The summed E-state index contributed by atoms with van der Waals surface area (Å²) < 4.78 is 0. The van der Waals surface area contributed by atoms with Crippen LogP contribution in [0.2, 0.25) is 0 Å². The van der Waals surface area contributed by atoms with E-state index in [0.29, 0.717) is 5.41 Å². The van der Waals surface area contributed by atoms with Crippen LogP contribution >= 0.6 is 0 Å². The van der Waals surface area contributed by atoms with E-state index in [2.05, 4.69) is 13.8 Å². The van der Waals surface area contributed by atoms with Crippen molar-refractivity contribution in [2.75, 3.05) is 0 Å². The van der Waals surface area contributed by atoms with Crippen LogP contribution in [0.5, 0.6) is 0 Å². The zero-order valence-electron chi connectivity index (χ0n) is 8.77. The highest BCUT2D eigenvalue weighted by Gasteiger charge is 2.57. The third kappa shape index (κ3) is 1.50. The molecular weight excluding hydrogens is 162 g/mol. The largest absolute Gasteiger partial charge is 0.388 e. The molecule has 2 saturated carbocycles. The van der Waals surface area contributed by atoms with Crippen LogP contribution in [-0.2, 0) is 0 Å². The molecule has 2 nitrogen and oxygen atoms in total. The van der Waals surface area contributed by atoms with Crippen molar-refractivity contribution >= 4 is 0 Å². The molecule has 2 aliphatic rings. The van der Waals surface area contributed by atoms with Crippen molar-refractivity contribution in [2.24, 2.45) is 11.1 Å². The molecule has 0 aromatic carbocycles. The van der Waals surface area contributed by atoms with Gasteiger partial charge in [0.2, 0.25) is 0 Å². The Balaban J connectivity index is 2.04. The van der Waals surface area contributed by atoms with Crippen LogP contribution in [0.25, 0.3) is 0 Å². The first-order valence-corrected chi connectivity index (χ1v) is 5.38. The highest BCUT2D eigenvalue weighted by molar-refractivity contribution is 5.15. The van der Waals surface area contributed by atoms with Gasteiger partial charge in [-0.3, -0.25) is 0 Å². The molecule has 0 amide bonds. The Morgan fingerprint density at radius 3 is 1.77 bits per heavy atom. The number of nitrogens with two attached hydrogens (primary N) is 1. The van der Waals surface area contributed by atoms with E-state index in [1.54, 1.807) is 0 Å². The van der Waals surface area contributed by atoms with Crippen molar-refractivity contribution in [3.05, 3.63) is 0 Å². The topological polar surface area (TPSA) is 46.2 Å². The third-order valence-electron chi connectivity index (χ3n) is 4.15. The van der Waals surface area contributed by atoms with Gasteiger partial charge in [0.05, 0.1) is 5.60 Å². The van der Waals surface area contributed by atoms with Gasteiger partial charge in [-0.15, -0.1) is 0 Å². The maximum Gasteiger partial charge on any atom is 0.0826 e. The zero-order chi connectivity index (χ0) is 9.74. The Morgan fingerprint density at radius 1 is 0.923 bits per heavy atom. The predicted molar refractivity (Wildman–Crippen MR) is 53.4 cm³/mol. The lowest BCUT2D eigenvalue weighted by atomic mass is 9.68. The monoisotopic (exact) mass is 183 g/mol. The number of aliphatic hydroxyl groups is 1. The van der Waals surface area contributed by atoms with Crippen molar-refractivity contribution < 1.29 is 5.11 Å². The van der Waals surface area contributed by atoms with Gasteiger partial charge >= 0.3 is 0 Å². The second-order valence-electron chi connectivity index (χ2n) is 5.85. The summed E-state index contributed by atoms with van der Waals surface area (Å²) in [7, 11) is 0. The van der Waals surface area contributed by atoms with E-state index in [1.165, 1.54) is 0 Å². The van der Waals surface area contributed by atoms with Gasteiger partial charge in [0, 0.05) is 5.54 Å². The van der Waals surface area contributed by atoms with E-state index in [0.717, 1.165) is 38.5 Å². The Bertz CT molecular complexity index is 208. The average molecular weight is 183 g/mol. The number of hydrogen-bond acceptors (Lipinski definition) is 2. The normalized spacial score (nSPS) is 34.2. The highest BCUT2D eigenvalue weighted by Crippen LogP contribution is 2.52. The van der Waals surface area contributed by atoms with Crippen LogP contribution in [0, 0.1) is 5.41 Å². The molecular formula is C11H21NO. The lowest BCUT2D eigenvalue weighted by Crippen LogP contribution is -2.53. The zero-order valence-corrected chi connectivity index (χ0v) is 8.77. The first-order valence-electron chi connectivity index (χ1n) is 5.38. The first kappa shape index (κ1) is 9.47. The molecule has 2 aliphatic carbocycles. The SMILES string of the molecule is CC1(C)CCC(O)(C2(N)CC2)CC1. The second kappa shape index (κ2) is 2.48. The molecule has 76 valence electrons. The smallest absolute Gasteiger partial charge is 0.0826 e. The van der Waals surface area contributed by atoms with Gasteiger partial charge in [-0.05, 0) is 43.9 Å². The number of rotatable bonds is 1. The Kier molecular flexibility index (Phi) is 1.81. The highest BCUT2D eigenvalue weighted by atomic mass is 16.3. The molecule has 0 saturated heterocycles. The summed E-state index contributed by atoms with van der Waals surface area (Å²) in [6, 6.07) is 0. The van der Waals surface area contributed by atoms with Crippen LogP contribution in [0.15, 0.2) is 0 Å². The van der Waals surface area contributed by atoms with Crippen molar-refractivity contribution in [3.8, 4) is 0 Å². The summed E-state index contributed by atoms with van der Waals surface area (Å²) in [6.07, 6.45) is 6.06. The molecule has 2 rings (SSSR count). The van der Waals surface area contributed by atoms with E-state index in [-0.39, 0.29) is 5.54 Å².